The molecule has 0 bridgehead atoms. The molecular formula is C9H16N2O3S. The molecule has 0 aromatic heterocycles. The van der Waals surface area contributed by atoms with E-state index in [-0.39, 0.29) is 29.9 Å². The fourth-order valence-corrected chi connectivity index (χ4v) is 1.14. The third-order valence-corrected chi connectivity index (χ3v) is 1.94. The number of hydrogen-bond acceptors (Lipinski definition) is 4. The highest BCUT2D eigenvalue weighted by molar-refractivity contribution is 7.80. The van der Waals surface area contributed by atoms with Crippen molar-refractivity contribution in [2.45, 2.75) is 26.3 Å². The van der Waals surface area contributed by atoms with E-state index in [1.807, 2.05) is 0 Å². The van der Waals surface area contributed by atoms with E-state index in [1.54, 1.807) is 13.8 Å². The van der Waals surface area contributed by atoms with E-state index in [0.29, 0.717) is 0 Å². The highest BCUT2D eigenvalue weighted by atomic mass is 32.1. The Bertz CT molecular complexity index is 266. The zero-order valence-electron chi connectivity index (χ0n) is 9.15. The average molecular weight is 232 g/mol. The summed E-state index contributed by atoms with van der Waals surface area (Å²) < 4.78 is 4.49. The molecule has 5 nitrogen and oxygen atoms in total. The van der Waals surface area contributed by atoms with Crippen LogP contribution in [0.5, 0.6) is 0 Å². The van der Waals surface area contributed by atoms with Crippen molar-refractivity contribution in [3.8, 4) is 0 Å². The fourth-order valence-electron chi connectivity index (χ4n) is 1.01. The lowest BCUT2D eigenvalue weighted by Gasteiger charge is -2.25. The molecule has 0 saturated carbocycles. The summed E-state index contributed by atoms with van der Waals surface area (Å²) in [4.78, 5) is 24.1. The SMILES string of the molecule is COC(=O)CN(C(=O)CC(N)=S)C(C)C. The van der Waals surface area contributed by atoms with Crippen LogP contribution in [-0.4, -0.2) is 41.5 Å². The minimum absolute atomic E-state index is 0.0233. The lowest BCUT2D eigenvalue weighted by Crippen LogP contribution is -2.42. The van der Waals surface area contributed by atoms with E-state index in [0.717, 1.165) is 0 Å². The van der Waals surface area contributed by atoms with Crippen molar-refractivity contribution in [2.24, 2.45) is 5.73 Å². The average Bonchev–Trinajstić information content (AvgIpc) is 2.11. The van der Waals surface area contributed by atoms with Crippen LogP contribution >= 0.6 is 12.2 Å². The van der Waals surface area contributed by atoms with Gasteiger partial charge in [0.2, 0.25) is 5.91 Å². The third kappa shape index (κ3) is 5.31. The van der Waals surface area contributed by atoms with E-state index < -0.39 is 5.97 Å². The Balaban J connectivity index is 4.45. The lowest BCUT2D eigenvalue weighted by atomic mass is 10.2. The molecule has 86 valence electrons. The van der Waals surface area contributed by atoms with Crippen molar-refractivity contribution in [1.82, 2.24) is 4.90 Å². The Morgan fingerprint density at radius 3 is 2.33 bits per heavy atom. The molecule has 1 amide bonds. The molecule has 0 aromatic carbocycles. The number of nitrogens with two attached hydrogens (primary N) is 1. The number of carbonyl (C=O) groups is 2. The first kappa shape index (κ1) is 13.8. The van der Waals surface area contributed by atoms with Gasteiger partial charge in [0, 0.05) is 6.04 Å². The van der Waals surface area contributed by atoms with E-state index in [1.165, 1.54) is 12.0 Å². The van der Waals surface area contributed by atoms with Crippen molar-refractivity contribution in [2.75, 3.05) is 13.7 Å². The van der Waals surface area contributed by atoms with Crippen LogP contribution in [0.3, 0.4) is 0 Å². The molecule has 0 aliphatic rings. The monoisotopic (exact) mass is 232 g/mol. The molecular weight excluding hydrogens is 216 g/mol. The molecule has 0 unspecified atom stereocenters. The predicted molar refractivity (Wildman–Crippen MR) is 60.3 cm³/mol. The maximum Gasteiger partial charge on any atom is 0.325 e. The molecule has 15 heavy (non-hydrogen) atoms. The number of carbonyl (C=O) groups excluding carboxylic acids is 2. The fraction of sp³-hybridized carbons (Fsp3) is 0.667. The van der Waals surface area contributed by atoms with Gasteiger partial charge in [-0.1, -0.05) is 12.2 Å². The van der Waals surface area contributed by atoms with Crippen LogP contribution in [0.25, 0.3) is 0 Å². The first-order valence-electron chi connectivity index (χ1n) is 4.53. The van der Waals surface area contributed by atoms with Crippen molar-refractivity contribution in [3.63, 3.8) is 0 Å². The summed E-state index contributed by atoms with van der Waals surface area (Å²) in [5, 5.41) is 0. The summed E-state index contributed by atoms with van der Waals surface area (Å²) in [5.74, 6) is -0.720. The number of amides is 1. The standard InChI is InChI=1S/C9H16N2O3S/c1-6(2)11(5-9(13)14-3)8(12)4-7(10)15/h6H,4-5H2,1-3H3,(H2,10,15). The zero-order chi connectivity index (χ0) is 12.0. The minimum Gasteiger partial charge on any atom is -0.468 e. The maximum atomic E-state index is 11.6. The topological polar surface area (TPSA) is 72.6 Å². The Morgan fingerprint density at radius 2 is 2.00 bits per heavy atom. The quantitative estimate of drug-likeness (QED) is 0.536. The van der Waals surface area contributed by atoms with Crippen molar-refractivity contribution < 1.29 is 14.3 Å². The summed E-state index contributed by atoms with van der Waals surface area (Å²) in [6, 6.07) is -0.0917. The van der Waals surface area contributed by atoms with Gasteiger partial charge in [-0.05, 0) is 13.8 Å². The highest BCUT2D eigenvalue weighted by Crippen LogP contribution is 2.02. The smallest absolute Gasteiger partial charge is 0.325 e. The van der Waals surface area contributed by atoms with Gasteiger partial charge in [-0.3, -0.25) is 9.59 Å². The third-order valence-electron chi connectivity index (χ3n) is 1.80. The first-order valence-corrected chi connectivity index (χ1v) is 4.94. The molecule has 0 rings (SSSR count). The molecule has 0 aliphatic heterocycles. The van der Waals surface area contributed by atoms with Crippen LogP contribution in [-0.2, 0) is 14.3 Å². The van der Waals surface area contributed by atoms with Crippen LogP contribution in [0.15, 0.2) is 0 Å². The second kappa shape index (κ2) is 6.34. The van der Waals surface area contributed by atoms with Gasteiger partial charge in [0.15, 0.2) is 0 Å². The van der Waals surface area contributed by atoms with Gasteiger partial charge in [0.25, 0.3) is 0 Å². The van der Waals surface area contributed by atoms with Gasteiger partial charge < -0.3 is 15.4 Å². The minimum atomic E-state index is -0.458. The van der Waals surface area contributed by atoms with E-state index in [4.69, 9.17) is 5.73 Å². The van der Waals surface area contributed by atoms with Crippen LogP contribution in [0, 0.1) is 0 Å². The van der Waals surface area contributed by atoms with Gasteiger partial charge >= 0.3 is 5.97 Å². The highest BCUT2D eigenvalue weighted by Gasteiger charge is 2.20. The Kier molecular flexibility index (Phi) is 5.84. The Morgan fingerprint density at radius 1 is 1.47 bits per heavy atom. The molecule has 0 fully saturated rings. The number of hydrogen-bond donors (Lipinski definition) is 1. The van der Waals surface area contributed by atoms with Gasteiger partial charge in [0.1, 0.15) is 6.54 Å². The zero-order valence-corrected chi connectivity index (χ0v) is 9.97. The van der Waals surface area contributed by atoms with Crippen LogP contribution < -0.4 is 5.73 Å². The van der Waals surface area contributed by atoms with Gasteiger partial charge in [-0.25, -0.2) is 0 Å². The molecule has 0 aromatic rings. The Labute approximate surface area is 94.6 Å². The normalized spacial score (nSPS) is 9.87. The van der Waals surface area contributed by atoms with Crippen molar-refractivity contribution in [3.05, 3.63) is 0 Å². The van der Waals surface area contributed by atoms with E-state index in [9.17, 15) is 9.59 Å². The van der Waals surface area contributed by atoms with Crippen molar-refractivity contribution in [1.29, 1.82) is 0 Å². The number of thiocarbonyl (C=S) groups is 1. The van der Waals surface area contributed by atoms with Crippen LogP contribution in [0.1, 0.15) is 20.3 Å². The second-order valence-corrected chi connectivity index (χ2v) is 3.86. The predicted octanol–water partition coefficient (Wildman–Crippen LogP) is 0.0726. The number of esters is 1. The molecule has 0 radical (unpaired) electrons. The van der Waals surface area contributed by atoms with Gasteiger partial charge in [-0.2, -0.15) is 0 Å². The molecule has 0 saturated heterocycles. The molecule has 2 N–H and O–H groups in total. The number of rotatable bonds is 5. The largest absolute Gasteiger partial charge is 0.468 e. The molecule has 0 atom stereocenters. The number of ether oxygens (including phenoxy) is 1. The second-order valence-electron chi connectivity index (χ2n) is 3.33. The van der Waals surface area contributed by atoms with E-state index in [2.05, 4.69) is 17.0 Å². The van der Waals surface area contributed by atoms with E-state index >= 15 is 0 Å². The van der Waals surface area contributed by atoms with Gasteiger partial charge in [0.05, 0.1) is 18.5 Å². The Hall–Kier alpha value is -1.17. The van der Waals surface area contributed by atoms with Crippen LogP contribution in [0.4, 0.5) is 0 Å². The molecule has 0 heterocycles. The molecule has 0 aliphatic carbocycles. The summed E-state index contributed by atoms with van der Waals surface area (Å²) in [5.41, 5.74) is 5.26. The summed E-state index contributed by atoms with van der Waals surface area (Å²) >= 11 is 4.63. The van der Waals surface area contributed by atoms with Crippen LogP contribution in [0.2, 0.25) is 0 Å². The van der Waals surface area contributed by atoms with Gasteiger partial charge in [-0.15, -0.1) is 0 Å². The maximum absolute atomic E-state index is 11.6. The number of methoxy groups -OCH3 is 1. The lowest BCUT2D eigenvalue weighted by molar-refractivity contribution is -0.147. The first-order chi connectivity index (χ1) is 6.88. The summed E-state index contributed by atoms with van der Waals surface area (Å²) in [7, 11) is 1.28. The van der Waals surface area contributed by atoms with Crippen molar-refractivity contribution >= 4 is 29.1 Å². The summed E-state index contributed by atoms with van der Waals surface area (Å²) in [6.07, 6.45) is -0.0233. The molecule has 6 heteroatoms. The summed E-state index contributed by atoms with van der Waals surface area (Å²) in [6.45, 7) is 3.54. The number of nitrogens with zero attached hydrogens (tertiary/aromatic N) is 1. The molecule has 0 spiro atoms.